The molecule has 1 amide bonds. The Bertz CT molecular complexity index is 914. The van der Waals surface area contributed by atoms with E-state index in [9.17, 15) is 28.1 Å². The first-order valence-corrected chi connectivity index (χ1v) is 9.54. The fourth-order valence-corrected chi connectivity index (χ4v) is 3.02. The van der Waals surface area contributed by atoms with Crippen molar-refractivity contribution in [2.45, 2.75) is 38.0 Å². The van der Waals surface area contributed by atoms with Crippen LogP contribution in [0.15, 0.2) is 23.4 Å². The molecule has 0 saturated heterocycles. The lowest BCUT2D eigenvalue weighted by Crippen LogP contribution is -2.30. The second-order valence-electron chi connectivity index (χ2n) is 6.02. The third-order valence-electron chi connectivity index (χ3n) is 4.04. The number of hydrogen-bond donors (Lipinski definition) is 2. The van der Waals surface area contributed by atoms with Crippen LogP contribution in [0.1, 0.15) is 28.9 Å². The maximum Gasteiger partial charge on any atom is 0.416 e. The molecule has 1 heterocycles. The summed E-state index contributed by atoms with van der Waals surface area (Å²) in [4.78, 5) is 30.8. The standard InChI is InChI=1S/C17H18F3N5O3S/c1-9-12(10(2)22-16(21-9)29-3)5-7-15(26)24-23-13-6-4-11(17(18,19)20)8-14(13)25(27)28/h4,6,8,23H,5,7H2,1-3H3,(H,24,26). The van der Waals surface area contributed by atoms with Gasteiger partial charge in [-0.25, -0.2) is 9.97 Å². The van der Waals surface area contributed by atoms with Gasteiger partial charge in [0.25, 0.3) is 5.69 Å². The number of hydrazine groups is 1. The molecule has 156 valence electrons. The molecular formula is C17H18F3N5O3S. The largest absolute Gasteiger partial charge is 0.416 e. The average molecular weight is 429 g/mol. The van der Waals surface area contributed by atoms with Gasteiger partial charge in [0.15, 0.2) is 5.16 Å². The Morgan fingerprint density at radius 2 is 1.86 bits per heavy atom. The van der Waals surface area contributed by atoms with Crippen LogP contribution in [0, 0.1) is 24.0 Å². The molecule has 0 spiro atoms. The first-order chi connectivity index (χ1) is 13.5. The molecule has 0 aliphatic heterocycles. The van der Waals surface area contributed by atoms with E-state index in [1.54, 1.807) is 0 Å². The van der Waals surface area contributed by atoms with Crippen LogP contribution in [0.2, 0.25) is 0 Å². The Kier molecular flexibility index (Phi) is 7.01. The van der Waals surface area contributed by atoms with Gasteiger partial charge in [-0.3, -0.25) is 25.8 Å². The van der Waals surface area contributed by atoms with Gasteiger partial charge in [0, 0.05) is 23.9 Å². The predicted molar refractivity (Wildman–Crippen MR) is 101 cm³/mol. The summed E-state index contributed by atoms with van der Waals surface area (Å²) in [5.74, 6) is -0.494. The minimum Gasteiger partial charge on any atom is -0.292 e. The molecule has 2 rings (SSSR count). The second-order valence-corrected chi connectivity index (χ2v) is 6.79. The van der Waals surface area contributed by atoms with Gasteiger partial charge in [-0.05, 0) is 44.2 Å². The van der Waals surface area contributed by atoms with Crippen LogP contribution in [0.5, 0.6) is 0 Å². The molecule has 0 unspecified atom stereocenters. The van der Waals surface area contributed by atoms with Crippen molar-refractivity contribution in [2.75, 3.05) is 11.7 Å². The molecule has 0 aliphatic carbocycles. The molecule has 1 aromatic carbocycles. The van der Waals surface area contributed by atoms with Crippen molar-refractivity contribution < 1.29 is 22.9 Å². The number of carbonyl (C=O) groups excluding carboxylic acids is 1. The number of hydrogen-bond acceptors (Lipinski definition) is 7. The van der Waals surface area contributed by atoms with Crippen molar-refractivity contribution in [3.8, 4) is 0 Å². The Hall–Kier alpha value is -2.89. The fourth-order valence-electron chi connectivity index (χ4n) is 2.56. The van der Waals surface area contributed by atoms with E-state index in [0.717, 1.165) is 23.0 Å². The van der Waals surface area contributed by atoms with Crippen molar-refractivity contribution in [1.29, 1.82) is 0 Å². The average Bonchev–Trinajstić information content (AvgIpc) is 2.64. The van der Waals surface area contributed by atoms with Crippen LogP contribution >= 0.6 is 11.8 Å². The third kappa shape index (κ3) is 5.79. The molecule has 0 radical (unpaired) electrons. The van der Waals surface area contributed by atoms with E-state index in [-0.39, 0.29) is 12.1 Å². The summed E-state index contributed by atoms with van der Waals surface area (Å²) in [6, 6.07) is 2.00. The lowest BCUT2D eigenvalue weighted by atomic mass is 10.1. The maximum atomic E-state index is 12.7. The van der Waals surface area contributed by atoms with E-state index in [1.165, 1.54) is 11.8 Å². The molecule has 0 saturated carbocycles. The number of nitro benzene ring substituents is 1. The lowest BCUT2D eigenvalue weighted by Gasteiger charge is -2.12. The molecular weight excluding hydrogens is 411 g/mol. The number of aromatic nitrogens is 2. The Balaban J connectivity index is 2.04. The van der Waals surface area contributed by atoms with Crippen molar-refractivity contribution in [3.63, 3.8) is 0 Å². The Morgan fingerprint density at radius 1 is 1.24 bits per heavy atom. The summed E-state index contributed by atoms with van der Waals surface area (Å²) >= 11 is 1.41. The summed E-state index contributed by atoms with van der Waals surface area (Å²) in [6.45, 7) is 3.62. The topological polar surface area (TPSA) is 110 Å². The zero-order chi connectivity index (χ0) is 21.8. The van der Waals surface area contributed by atoms with E-state index in [1.807, 2.05) is 20.1 Å². The molecule has 8 nitrogen and oxygen atoms in total. The van der Waals surface area contributed by atoms with Crippen molar-refractivity contribution in [3.05, 3.63) is 50.8 Å². The molecule has 1 aromatic heterocycles. The number of carbonyl (C=O) groups is 1. The smallest absolute Gasteiger partial charge is 0.292 e. The maximum absolute atomic E-state index is 12.7. The number of nitrogens with one attached hydrogen (secondary N) is 2. The van der Waals surface area contributed by atoms with Gasteiger partial charge >= 0.3 is 6.18 Å². The first kappa shape index (κ1) is 22.4. The zero-order valence-electron chi connectivity index (χ0n) is 15.8. The minimum atomic E-state index is -4.71. The van der Waals surface area contributed by atoms with Gasteiger partial charge in [-0.1, -0.05) is 11.8 Å². The molecule has 29 heavy (non-hydrogen) atoms. The molecule has 0 atom stereocenters. The van der Waals surface area contributed by atoms with Crippen LogP contribution < -0.4 is 10.9 Å². The van der Waals surface area contributed by atoms with Crippen LogP contribution in [0.3, 0.4) is 0 Å². The van der Waals surface area contributed by atoms with Gasteiger partial charge in [-0.2, -0.15) is 13.2 Å². The Morgan fingerprint density at radius 3 is 2.38 bits per heavy atom. The Labute approximate surface area is 168 Å². The fraction of sp³-hybridized carbons (Fsp3) is 0.353. The molecule has 0 bridgehead atoms. The van der Waals surface area contributed by atoms with Gasteiger partial charge in [0.2, 0.25) is 5.91 Å². The van der Waals surface area contributed by atoms with E-state index >= 15 is 0 Å². The van der Waals surface area contributed by atoms with Crippen LogP contribution in [0.4, 0.5) is 24.5 Å². The number of anilines is 1. The highest BCUT2D eigenvalue weighted by atomic mass is 32.2. The monoisotopic (exact) mass is 429 g/mol. The van der Waals surface area contributed by atoms with Crippen LogP contribution in [-0.2, 0) is 17.4 Å². The van der Waals surface area contributed by atoms with Crippen molar-refractivity contribution in [2.24, 2.45) is 0 Å². The number of alkyl halides is 3. The third-order valence-corrected chi connectivity index (χ3v) is 4.59. The number of benzene rings is 1. The predicted octanol–water partition coefficient (Wildman–Crippen LogP) is 3.82. The number of rotatable bonds is 7. The van der Waals surface area contributed by atoms with Crippen molar-refractivity contribution >= 4 is 29.0 Å². The number of nitrogens with zero attached hydrogens (tertiary/aromatic N) is 3. The quantitative estimate of drug-likeness (QED) is 0.298. The van der Waals surface area contributed by atoms with E-state index in [2.05, 4.69) is 20.8 Å². The van der Waals surface area contributed by atoms with E-state index in [4.69, 9.17) is 0 Å². The second kappa shape index (κ2) is 9.07. The zero-order valence-corrected chi connectivity index (χ0v) is 16.6. The molecule has 0 aliphatic rings. The summed E-state index contributed by atoms with van der Waals surface area (Å²) in [5, 5.41) is 11.7. The summed E-state index contributed by atoms with van der Waals surface area (Å²) in [5.41, 5.74) is 4.69. The highest BCUT2D eigenvalue weighted by Gasteiger charge is 2.33. The summed E-state index contributed by atoms with van der Waals surface area (Å²) in [7, 11) is 0. The first-order valence-electron chi connectivity index (χ1n) is 8.31. The molecule has 2 N–H and O–H groups in total. The highest BCUT2D eigenvalue weighted by Crippen LogP contribution is 2.34. The molecule has 12 heteroatoms. The molecule has 2 aromatic rings. The van der Waals surface area contributed by atoms with Crippen LogP contribution in [0.25, 0.3) is 0 Å². The summed E-state index contributed by atoms with van der Waals surface area (Å²) in [6.07, 6.45) is -2.48. The SMILES string of the molecule is CSc1nc(C)c(CCC(=O)NNc2ccc(C(F)(F)F)cc2[N+](=O)[O-])c(C)n1. The van der Waals surface area contributed by atoms with Gasteiger partial charge in [0.1, 0.15) is 5.69 Å². The molecule has 0 fully saturated rings. The highest BCUT2D eigenvalue weighted by molar-refractivity contribution is 7.98. The summed E-state index contributed by atoms with van der Waals surface area (Å²) < 4.78 is 38.2. The number of nitro groups is 1. The van der Waals surface area contributed by atoms with Crippen molar-refractivity contribution in [1.82, 2.24) is 15.4 Å². The number of amides is 1. The van der Waals surface area contributed by atoms with Gasteiger partial charge in [0.05, 0.1) is 10.5 Å². The number of aryl methyl sites for hydroxylation is 2. The minimum absolute atomic E-state index is 0.0328. The normalized spacial score (nSPS) is 11.2. The van der Waals surface area contributed by atoms with Gasteiger partial charge < -0.3 is 0 Å². The lowest BCUT2D eigenvalue weighted by molar-refractivity contribution is -0.384. The number of thioether (sulfide) groups is 1. The van der Waals surface area contributed by atoms with Gasteiger partial charge in [-0.15, -0.1) is 0 Å². The van der Waals surface area contributed by atoms with Crippen LogP contribution in [-0.4, -0.2) is 27.1 Å². The van der Waals surface area contributed by atoms with E-state index in [0.29, 0.717) is 23.7 Å². The number of halogens is 3. The van der Waals surface area contributed by atoms with E-state index < -0.39 is 28.3 Å².